The third-order valence-electron chi connectivity index (χ3n) is 5.34. The number of imide groups is 1. The van der Waals surface area contributed by atoms with E-state index in [1.165, 1.54) is 11.1 Å². The first-order valence-electron chi connectivity index (χ1n) is 8.56. The molecule has 2 amide bonds. The van der Waals surface area contributed by atoms with Crippen LogP contribution in [0.5, 0.6) is 5.75 Å². The van der Waals surface area contributed by atoms with Crippen molar-refractivity contribution in [3.8, 4) is 5.75 Å². The number of anilines is 1. The molecule has 2 bridgehead atoms. The number of benzene rings is 1. The lowest BCUT2D eigenvalue weighted by molar-refractivity contribution is -0.124. The monoisotopic (exact) mass is 417 g/mol. The van der Waals surface area contributed by atoms with Crippen LogP contribution in [0.25, 0.3) is 0 Å². The zero-order chi connectivity index (χ0) is 17.8. The number of aromatic nitrogens is 2. The summed E-state index contributed by atoms with van der Waals surface area (Å²) in [5, 5.41) is 4.21. The topological polar surface area (TPSA) is 73.7 Å². The average Bonchev–Trinajstić information content (AvgIpc) is 3.39. The van der Waals surface area contributed by atoms with Gasteiger partial charge in [-0.15, -0.1) is 0 Å². The van der Waals surface area contributed by atoms with E-state index in [1.54, 1.807) is 10.9 Å². The normalized spacial score (nSPS) is 29.5. The van der Waals surface area contributed by atoms with Crippen LogP contribution >= 0.6 is 15.9 Å². The number of halogens is 1. The van der Waals surface area contributed by atoms with Gasteiger partial charge in [-0.25, -0.2) is 9.58 Å². The second-order valence-corrected chi connectivity index (χ2v) is 7.73. The summed E-state index contributed by atoms with van der Waals surface area (Å²) in [6.07, 6.45) is 4.70. The van der Waals surface area contributed by atoms with E-state index in [4.69, 9.17) is 9.47 Å². The van der Waals surface area contributed by atoms with Crippen molar-refractivity contribution in [3.05, 3.63) is 41.1 Å². The first-order valence-corrected chi connectivity index (χ1v) is 9.35. The quantitative estimate of drug-likeness (QED) is 0.713. The maximum Gasteiger partial charge on any atom is 0.240 e. The molecule has 8 heteroatoms. The van der Waals surface area contributed by atoms with Crippen LogP contribution in [0.1, 0.15) is 12.8 Å². The van der Waals surface area contributed by atoms with E-state index < -0.39 is 0 Å². The summed E-state index contributed by atoms with van der Waals surface area (Å²) in [7, 11) is 0. The molecule has 4 atom stereocenters. The Morgan fingerprint density at radius 1 is 1.12 bits per heavy atom. The number of carbonyl (C=O) groups excluding carboxylic acids is 2. The molecule has 0 radical (unpaired) electrons. The lowest BCUT2D eigenvalue weighted by Gasteiger charge is -2.15. The molecule has 0 aliphatic carbocycles. The van der Waals surface area contributed by atoms with Gasteiger partial charge in [0.2, 0.25) is 11.8 Å². The summed E-state index contributed by atoms with van der Waals surface area (Å²) in [5.41, 5.74) is 0.494. The number of rotatable bonds is 4. The molecule has 2 aromatic rings. The molecule has 3 saturated heterocycles. The highest BCUT2D eigenvalue weighted by Gasteiger charge is 2.62. The van der Waals surface area contributed by atoms with Gasteiger partial charge in [0.25, 0.3) is 0 Å². The van der Waals surface area contributed by atoms with Crippen molar-refractivity contribution >= 4 is 33.4 Å². The zero-order valence-electron chi connectivity index (χ0n) is 13.7. The van der Waals surface area contributed by atoms with Gasteiger partial charge in [0, 0.05) is 4.47 Å². The Labute approximate surface area is 158 Å². The van der Waals surface area contributed by atoms with Crippen LogP contribution in [0, 0.1) is 11.8 Å². The Bertz CT molecular complexity index is 853. The second-order valence-electron chi connectivity index (χ2n) is 6.82. The van der Waals surface area contributed by atoms with E-state index in [1.807, 2.05) is 24.3 Å². The van der Waals surface area contributed by atoms with Gasteiger partial charge in [0.05, 0.1) is 42.1 Å². The van der Waals surface area contributed by atoms with Crippen molar-refractivity contribution < 1.29 is 19.1 Å². The fourth-order valence-corrected chi connectivity index (χ4v) is 4.44. The maximum absolute atomic E-state index is 12.8. The number of ether oxygens (including phenoxy) is 2. The molecule has 4 heterocycles. The molecular weight excluding hydrogens is 402 g/mol. The molecule has 1 aromatic carbocycles. The zero-order valence-corrected chi connectivity index (χ0v) is 15.3. The van der Waals surface area contributed by atoms with Gasteiger partial charge in [-0.05, 0) is 37.1 Å². The van der Waals surface area contributed by atoms with E-state index in [9.17, 15) is 9.59 Å². The molecule has 7 nitrogen and oxygen atoms in total. The fraction of sp³-hybridized carbons (Fsp3) is 0.389. The Morgan fingerprint density at radius 2 is 1.77 bits per heavy atom. The third-order valence-corrected chi connectivity index (χ3v) is 5.87. The first kappa shape index (κ1) is 16.0. The predicted molar refractivity (Wildman–Crippen MR) is 94.4 cm³/mol. The molecule has 3 aliphatic heterocycles. The van der Waals surface area contributed by atoms with Gasteiger partial charge in [-0.1, -0.05) is 15.9 Å². The van der Waals surface area contributed by atoms with Gasteiger partial charge in [-0.2, -0.15) is 5.10 Å². The highest BCUT2D eigenvalue weighted by Crippen LogP contribution is 2.49. The van der Waals surface area contributed by atoms with Crippen molar-refractivity contribution in [3.63, 3.8) is 0 Å². The van der Waals surface area contributed by atoms with E-state index >= 15 is 0 Å². The van der Waals surface area contributed by atoms with Gasteiger partial charge in [0.15, 0.2) is 6.73 Å². The van der Waals surface area contributed by atoms with Crippen molar-refractivity contribution in [2.24, 2.45) is 11.8 Å². The van der Waals surface area contributed by atoms with Crippen LogP contribution in [-0.4, -0.2) is 33.8 Å². The van der Waals surface area contributed by atoms with Crippen LogP contribution in [0.4, 0.5) is 5.69 Å². The summed E-state index contributed by atoms with van der Waals surface area (Å²) < 4.78 is 14.0. The van der Waals surface area contributed by atoms with Gasteiger partial charge in [-0.3, -0.25) is 9.59 Å². The summed E-state index contributed by atoms with van der Waals surface area (Å²) in [6, 6.07) is 7.47. The number of fused-ring (bicyclic) bond motifs is 5. The Morgan fingerprint density at radius 3 is 2.42 bits per heavy atom. The molecule has 0 saturated carbocycles. The molecule has 3 fully saturated rings. The Balaban J connectivity index is 1.31. The van der Waals surface area contributed by atoms with Crippen LogP contribution in [0.15, 0.2) is 41.1 Å². The molecule has 5 rings (SSSR count). The standard InChI is InChI=1S/C18H16BrN3O4/c19-10-1-3-12(4-2-10)25-9-21-8-11(7-20-21)22-17(23)15-13-5-6-14(26-13)16(15)18(22)24/h1-4,7-8,13-16H,5-6,9H2/t13-,14-,15+,16+/m1/s1. The largest absolute Gasteiger partial charge is 0.471 e. The fourth-order valence-electron chi connectivity index (χ4n) is 4.18. The summed E-state index contributed by atoms with van der Waals surface area (Å²) in [4.78, 5) is 26.8. The third kappa shape index (κ3) is 2.39. The summed E-state index contributed by atoms with van der Waals surface area (Å²) in [6.45, 7) is 0.194. The minimum atomic E-state index is -0.330. The summed E-state index contributed by atoms with van der Waals surface area (Å²) >= 11 is 3.38. The van der Waals surface area contributed by atoms with Crippen LogP contribution in [0.2, 0.25) is 0 Å². The molecule has 0 unspecified atom stereocenters. The predicted octanol–water partition coefficient (Wildman–Crippen LogP) is 2.35. The Kier molecular flexibility index (Phi) is 3.65. The molecule has 134 valence electrons. The smallest absolute Gasteiger partial charge is 0.240 e. The van der Waals surface area contributed by atoms with E-state index in [0.29, 0.717) is 11.4 Å². The molecule has 0 N–H and O–H groups in total. The SMILES string of the molecule is O=C1[C@@H]2[C@@H](C(=O)N1c1cnn(COc3ccc(Br)cc3)c1)[C@H]1CC[C@H]2O1. The number of nitrogens with zero attached hydrogens (tertiary/aromatic N) is 3. The van der Waals surface area contributed by atoms with Crippen LogP contribution in [-0.2, 0) is 21.1 Å². The van der Waals surface area contributed by atoms with E-state index in [-0.39, 0.29) is 42.6 Å². The minimum Gasteiger partial charge on any atom is -0.471 e. The maximum atomic E-state index is 12.8. The van der Waals surface area contributed by atoms with Gasteiger partial charge < -0.3 is 9.47 Å². The summed E-state index contributed by atoms with van der Waals surface area (Å²) in [5.74, 6) is -0.282. The molecule has 1 aromatic heterocycles. The molecule has 3 aliphatic rings. The number of hydrogen-bond acceptors (Lipinski definition) is 5. The first-order chi connectivity index (χ1) is 12.6. The molecule has 26 heavy (non-hydrogen) atoms. The van der Waals surface area contributed by atoms with Crippen LogP contribution < -0.4 is 9.64 Å². The highest BCUT2D eigenvalue weighted by molar-refractivity contribution is 9.10. The Hall–Kier alpha value is -2.19. The molecular formula is C18H16BrN3O4. The van der Waals surface area contributed by atoms with E-state index in [0.717, 1.165) is 17.3 Å². The number of amides is 2. The lowest BCUT2D eigenvalue weighted by Crippen LogP contribution is -2.34. The highest BCUT2D eigenvalue weighted by atomic mass is 79.9. The van der Waals surface area contributed by atoms with Crippen LogP contribution in [0.3, 0.4) is 0 Å². The second kappa shape index (κ2) is 5.92. The minimum absolute atomic E-state index is 0.109. The van der Waals surface area contributed by atoms with Crippen molar-refractivity contribution in [2.75, 3.05) is 4.90 Å². The van der Waals surface area contributed by atoms with Crippen molar-refractivity contribution in [2.45, 2.75) is 31.8 Å². The molecule has 0 spiro atoms. The number of hydrogen-bond donors (Lipinski definition) is 0. The van der Waals surface area contributed by atoms with Gasteiger partial charge in [0.1, 0.15) is 5.75 Å². The average molecular weight is 418 g/mol. The van der Waals surface area contributed by atoms with Crippen molar-refractivity contribution in [1.29, 1.82) is 0 Å². The van der Waals surface area contributed by atoms with Gasteiger partial charge >= 0.3 is 0 Å². The lowest BCUT2D eigenvalue weighted by atomic mass is 9.81. The number of carbonyl (C=O) groups is 2. The van der Waals surface area contributed by atoms with E-state index in [2.05, 4.69) is 21.0 Å². The van der Waals surface area contributed by atoms with Crippen molar-refractivity contribution in [1.82, 2.24) is 9.78 Å².